The highest BCUT2D eigenvalue weighted by Gasteiger charge is 2.44. The number of hydrogen-bond donors (Lipinski definition) is 0. The molecule has 0 bridgehead atoms. The predicted molar refractivity (Wildman–Crippen MR) is 143 cm³/mol. The van der Waals surface area contributed by atoms with Crippen molar-refractivity contribution in [3.63, 3.8) is 0 Å². The molecule has 0 saturated heterocycles. The average Bonchev–Trinajstić information content (AvgIpc) is 3.66. The highest BCUT2D eigenvalue weighted by Crippen LogP contribution is 2.49. The minimum atomic E-state index is -0.117. The Balaban J connectivity index is 1.89. The normalized spacial score (nSPS) is 22.6. The van der Waals surface area contributed by atoms with Gasteiger partial charge in [0.15, 0.2) is 0 Å². The number of rotatable bonds is 9. The minimum absolute atomic E-state index is 0.0119. The number of carbonyl (C=O) groups is 1. The van der Waals surface area contributed by atoms with Crippen molar-refractivity contribution in [3.05, 3.63) is 93.5 Å². The highest BCUT2D eigenvalue weighted by atomic mass is 35.5. The maximum Gasteiger partial charge on any atom is 0.250 e. The summed E-state index contributed by atoms with van der Waals surface area (Å²) in [5, 5.41) is 1.41. The molecule has 1 aliphatic heterocycles. The fraction of sp³-hybridized carbons (Fsp3) is 0.433. The summed E-state index contributed by atoms with van der Waals surface area (Å²) < 4.78 is 0. The van der Waals surface area contributed by atoms with Crippen LogP contribution in [0.5, 0.6) is 0 Å². The van der Waals surface area contributed by atoms with Crippen molar-refractivity contribution in [2.75, 3.05) is 0 Å². The average molecular weight is 497 g/mol. The van der Waals surface area contributed by atoms with Gasteiger partial charge in [0.1, 0.15) is 0 Å². The van der Waals surface area contributed by atoms with Crippen molar-refractivity contribution >= 4 is 29.1 Å². The molecule has 2 aliphatic rings. The second-order valence-electron chi connectivity index (χ2n) is 10.0. The smallest absolute Gasteiger partial charge is 0.250 e. The molecule has 34 heavy (non-hydrogen) atoms. The molecule has 2 aromatic carbocycles. The highest BCUT2D eigenvalue weighted by molar-refractivity contribution is 6.30. The fourth-order valence-electron chi connectivity index (χ4n) is 5.73. The molecule has 2 nitrogen and oxygen atoms in total. The molecule has 1 amide bonds. The van der Waals surface area contributed by atoms with E-state index in [0.29, 0.717) is 22.4 Å². The van der Waals surface area contributed by atoms with Crippen LogP contribution < -0.4 is 0 Å². The monoisotopic (exact) mass is 495 g/mol. The van der Waals surface area contributed by atoms with Crippen LogP contribution in [0.2, 0.25) is 10.0 Å². The molecule has 4 heteroatoms. The summed E-state index contributed by atoms with van der Waals surface area (Å²) in [5.74, 6) is 1.57. The van der Waals surface area contributed by atoms with E-state index in [0.717, 1.165) is 41.0 Å². The van der Waals surface area contributed by atoms with Crippen LogP contribution in [0.25, 0.3) is 0 Å². The van der Waals surface area contributed by atoms with Gasteiger partial charge in [0.2, 0.25) is 0 Å². The third-order valence-corrected chi connectivity index (χ3v) is 8.24. The summed E-state index contributed by atoms with van der Waals surface area (Å²) in [6.07, 6.45) is 7.01. The molecule has 2 aromatic rings. The molecular weight excluding hydrogens is 461 g/mol. The van der Waals surface area contributed by atoms with Crippen LogP contribution in [-0.4, -0.2) is 16.8 Å². The molecule has 1 saturated carbocycles. The lowest BCUT2D eigenvalue weighted by atomic mass is 9.74. The van der Waals surface area contributed by atoms with Gasteiger partial charge in [0.05, 0.1) is 6.04 Å². The van der Waals surface area contributed by atoms with Gasteiger partial charge in [-0.05, 0) is 86.3 Å². The van der Waals surface area contributed by atoms with E-state index in [4.69, 9.17) is 23.2 Å². The Labute approximate surface area is 214 Å². The zero-order valence-electron chi connectivity index (χ0n) is 20.4. The number of hydrogen-bond acceptors (Lipinski definition) is 1. The fourth-order valence-corrected chi connectivity index (χ4v) is 6.06. The third-order valence-electron chi connectivity index (χ3n) is 7.75. The molecular formula is C30H35Cl2NO. The molecule has 4 rings (SSSR count). The Morgan fingerprint density at radius 2 is 1.79 bits per heavy atom. The van der Waals surface area contributed by atoms with Crippen molar-refractivity contribution in [1.29, 1.82) is 0 Å². The largest absolute Gasteiger partial charge is 0.328 e. The number of nitrogens with zero attached hydrogens (tertiary/aromatic N) is 1. The Morgan fingerprint density at radius 3 is 2.38 bits per heavy atom. The van der Waals surface area contributed by atoms with Crippen LogP contribution >= 0.6 is 23.2 Å². The van der Waals surface area contributed by atoms with E-state index in [9.17, 15) is 4.79 Å². The Kier molecular flexibility index (Phi) is 7.90. The molecule has 4 atom stereocenters. The van der Waals surface area contributed by atoms with Crippen LogP contribution in [0, 0.1) is 11.8 Å². The van der Waals surface area contributed by atoms with E-state index in [1.807, 2.05) is 36.4 Å². The van der Waals surface area contributed by atoms with Gasteiger partial charge in [-0.15, -0.1) is 6.58 Å². The number of carbonyl (C=O) groups excluding carboxylic acids is 1. The topological polar surface area (TPSA) is 20.3 Å². The molecule has 0 N–H and O–H groups in total. The lowest BCUT2D eigenvalue weighted by Gasteiger charge is -2.47. The van der Waals surface area contributed by atoms with E-state index >= 15 is 0 Å². The van der Waals surface area contributed by atoms with Crippen molar-refractivity contribution < 1.29 is 4.79 Å². The molecule has 1 unspecified atom stereocenters. The lowest BCUT2D eigenvalue weighted by molar-refractivity contribution is -0.134. The maximum absolute atomic E-state index is 14.2. The third kappa shape index (κ3) is 5.14. The second kappa shape index (κ2) is 10.7. The molecule has 0 aromatic heterocycles. The first-order valence-electron chi connectivity index (χ1n) is 12.5. The molecule has 180 valence electrons. The van der Waals surface area contributed by atoms with Gasteiger partial charge < -0.3 is 4.90 Å². The summed E-state index contributed by atoms with van der Waals surface area (Å²) in [5.41, 5.74) is 4.21. The molecule has 0 spiro atoms. The second-order valence-corrected chi connectivity index (χ2v) is 10.9. The zero-order valence-corrected chi connectivity index (χ0v) is 21.9. The number of halogens is 2. The first-order valence-corrected chi connectivity index (χ1v) is 13.2. The van der Waals surface area contributed by atoms with Crippen LogP contribution in [-0.2, 0) is 4.79 Å². The SMILES string of the molecule is C=CCC1=C(C)[C@H](c2cccc(Cl)c2)[C@@H](c2ccc(Cl)cc2)N([C@@H](CC)CC(C)C2CC2)C1=O. The minimum Gasteiger partial charge on any atom is -0.328 e. The first kappa shape index (κ1) is 25.1. The van der Waals surface area contributed by atoms with Crippen molar-refractivity contribution in [3.8, 4) is 0 Å². The van der Waals surface area contributed by atoms with E-state index in [2.05, 4.69) is 50.4 Å². The summed E-state index contributed by atoms with van der Waals surface area (Å²) >= 11 is 12.7. The summed E-state index contributed by atoms with van der Waals surface area (Å²) in [6.45, 7) is 10.6. The Morgan fingerprint density at radius 1 is 1.09 bits per heavy atom. The van der Waals surface area contributed by atoms with Crippen LogP contribution in [0.15, 0.2) is 72.3 Å². The van der Waals surface area contributed by atoms with Gasteiger partial charge in [0.25, 0.3) is 5.91 Å². The van der Waals surface area contributed by atoms with E-state index in [1.54, 1.807) is 0 Å². The van der Waals surface area contributed by atoms with Crippen molar-refractivity contribution in [2.45, 2.75) is 70.9 Å². The molecule has 1 aliphatic carbocycles. The lowest BCUT2D eigenvalue weighted by Crippen LogP contribution is -2.49. The van der Waals surface area contributed by atoms with Gasteiger partial charge in [-0.3, -0.25) is 4.79 Å². The quantitative estimate of drug-likeness (QED) is 0.318. The molecule has 1 heterocycles. The van der Waals surface area contributed by atoms with Crippen LogP contribution in [0.4, 0.5) is 0 Å². The standard InChI is InChI=1S/C30H35Cl2NO/c1-5-8-27-20(4)28(23-9-7-10-25(32)18-23)29(22-13-15-24(31)16-14-22)33(30(27)34)26(6-2)17-19(3)21-11-12-21/h5,7,9-10,13-16,18-19,21,26,28-29H,1,6,8,11-12,17H2,2-4H3/t19?,26-,28+,29+/m0/s1. The van der Waals surface area contributed by atoms with Gasteiger partial charge in [-0.1, -0.05) is 73.0 Å². The van der Waals surface area contributed by atoms with Gasteiger partial charge in [0, 0.05) is 27.6 Å². The van der Waals surface area contributed by atoms with Crippen LogP contribution in [0.3, 0.4) is 0 Å². The van der Waals surface area contributed by atoms with Crippen molar-refractivity contribution in [2.24, 2.45) is 11.8 Å². The summed E-state index contributed by atoms with van der Waals surface area (Å²) in [4.78, 5) is 16.3. The Bertz CT molecular complexity index is 1070. The van der Waals surface area contributed by atoms with Crippen molar-refractivity contribution in [1.82, 2.24) is 4.90 Å². The maximum atomic E-state index is 14.2. The Hall–Kier alpha value is -2.03. The van der Waals surface area contributed by atoms with Gasteiger partial charge in [-0.2, -0.15) is 0 Å². The van der Waals surface area contributed by atoms with E-state index < -0.39 is 0 Å². The number of allylic oxidation sites excluding steroid dienone is 1. The van der Waals surface area contributed by atoms with E-state index in [-0.39, 0.29) is 23.9 Å². The number of benzene rings is 2. The predicted octanol–water partition coefficient (Wildman–Crippen LogP) is 8.77. The summed E-state index contributed by atoms with van der Waals surface area (Å²) in [7, 11) is 0. The number of amides is 1. The molecule has 1 fully saturated rings. The zero-order chi connectivity index (χ0) is 24.4. The van der Waals surface area contributed by atoms with Gasteiger partial charge >= 0.3 is 0 Å². The van der Waals surface area contributed by atoms with Gasteiger partial charge in [-0.25, -0.2) is 0 Å². The van der Waals surface area contributed by atoms with Crippen LogP contribution in [0.1, 0.15) is 76.0 Å². The van der Waals surface area contributed by atoms with E-state index in [1.165, 1.54) is 12.8 Å². The first-order chi connectivity index (χ1) is 16.3. The summed E-state index contributed by atoms with van der Waals surface area (Å²) in [6, 6.07) is 16.2. The molecule has 0 radical (unpaired) electrons.